The molecular weight excluding hydrogens is 370 g/mol. The maximum Gasteiger partial charge on any atom is 0.0998 e. The molecule has 1 saturated heterocycles. The Labute approximate surface area is 176 Å². The van der Waals surface area contributed by atoms with E-state index < -0.39 is 0 Å². The molecule has 4 aromatic rings. The lowest BCUT2D eigenvalue weighted by atomic mass is 10.0. The lowest BCUT2D eigenvalue weighted by Crippen LogP contribution is -2.47. The number of nitriles is 1. The standard InChI is InChI=1S/C25H23N5/c26-16-20-12-13-24(23-11-5-4-10-22(20)23)30-15-7-6-14-29(30)18-21-17-27-28-25(21)19-8-2-1-3-9-19/h1-5,8-13,17H,6-7,14-15,18H2,(H,27,28). The van der Waals surface area contributed by atoms with E-state index in [0.29, 0.717) is 0 Å². The molecule has 0 radical (unpaired) electrons. The number of fused-ring (bicyclic) bond motifs is 1. The summed E-state index contributed by atoms with van der Waals surface area (Å²) in [5.74, 6) is 0. The lowest BCUT2D eigenvalue weighted by molar-refractivity contribution is 0.205. The third-order valence-corrected chi connectivity index (χ3v) is 5.81. The van der Waals surface area contributed by atoms with Gasteiger partial charge in [-0.15, -0.1) is 0 Å². The number of nitrogens with zero attached hydrogens (tertiary/aromatic N) is 4. The first-order chi connectivity index (χ1) is 14.8. The summed E-state index contributed by atoms with van der Waals surface area (Å²) < 4.78 is 0. The van der Waals surface area contributed by atoms with Gasteiger partial charge in [0.15, 0.2) is 0 Å². The summed E-state index contributed by atoms with van der Waals surface area (Å²) in [5, 5.41) is 24.0. The van der Waals surface area contributed by atoms with E-state index in [4.69, 9.17) is 0 Å². The molecule has 1 aliphatic rings. The van der Waals surface area contributed by atoms with Gasteiger partial charge in [-0.3, -0.25) is 5.10 Å². The molecule has 3 aromatic carbocycles. The van der Waals surface area contributed by atoms with Gasteiger partial charge in [0, 0.05) is 36.0 Å². The summed E-state index contributed by atoms with van der Waals surface area (Å²) >= 11 is 0. The second-order valence-electron chi connectivity index (χ2n) is 7.64. The molecule has 0 unspecified atom stereocenters. The number of nitrogens with one attached hydrogen (secondary N) is 1. The van der Waals surface area contributed by atoms with Gasteiger partial charge in [0.25, 0.3) is 0 Å². The molecule has 0 atom stereocenters. The first-order valence-corrected chi connectivity index (χ1v) is 10.4. The molecule has 30 heavy (non-hydrogen) atoms. The molecular formula is C25H23N5. The van der Waals surface area contributed by atoms with Crippen LogP contribution in [0.4, 0.5) is 5.69 Å². The van der Waals surface area contributed by atoms with E-state index in [9.17, 15) is 5.26 Å². The number of hydrazine groups is 1. The summed E-state index contributed by atoms with van der Waals surface area (Å²) in [4.78, 5) is 0. The van der Waals surface area contributed by atoms with Crippen molar-refractivity contribution >= 4 is 16.5 Å². The Hall–Kier alpha value is -3.62. The van der Waals surface area contributed by atoms with Crippen LogP contribution in [0.1, 0.15) is 24.0 Å². The quantitative estimate of drug-likeness (QED) is 0.523. The van der Waals surface area contributed by atoms with Crippen molar-refractivity contribution in [3.63, 3.8) is 0 Å². The Morgan fingerprint density at radius 3 is 2.50 bits per heavy atom. The van der Waals surface area contributed by atoms with Crippen molar-refractivity contribution in [1.82, 2.24) is 15.2 Å². The number of anilines is 1. The number of benzene rings is 3. The van der Waals surface area contributed by atoms with Crippen molar-refractivity contribution in [3.05, 3.63) is 84.1 Å². The molecule has 0 aliphatic carbocycles. The first kappa shape index (κ1) is 18.4. The molecule has 0 saturated carbocycles. The van der Waals surface area contributed by atoms with Gasteiger partial charge < -0.3 is 5.01 Å². The Kier molecular flexibility index (Phi) is 4.92. The smallest absolute Gasteiger partial charge is 0.0998 e. The number of hydrogen-bond acceptors (Lipinski definition) is 4. The van der Waals surface area contributed by atoms with E-state index in [1.54, 1.807) is 0 Å². The summed E-state index contributed by atoms with van der Waals surface area (Å²) in [7, 11) is 0. The van der Waals surface area contributed by atoms with Crippen molar-refractivity contribution < 1.29 is 0 Å². The number of aromatic nitrogens is 2. The van der Waals surface area contributed by atoms with Gasteiger partial charge in [0.2, 0.25) is 0 Å². The average molecular weight is 393 g/mol. The van der Waals surface area contributed by atoms with Gasteiger partial charge in [-0.1, -0.05) is 54.6 Å². The van der Waals surface area contributed by atoms with E-state index in [2.05, 4.69) is 62.7 Å². The van der Waals surface area contributed by atoms with Gasteiger partial charge in [0.05, 0.1) is 29.2 Å². The third-order valence-electron chi connectivity index (χ3n) is 5.81. The molecule has 2 heterocycles. The SMILES string of the molecule is N#Cc1ccc(N2CCCCN2Cc2cn[nH]c2-c2ccccc2)c2ccccc12. The minimum atomic E-state index is 0.721. The fourth-order valence-corrected chi connectivity index (χ4v) is 4.34. The summed E-state index contributed by atoms with van der Waals surface area (Å²) in [6.07, 6.45) is 4.26. The van der Waals surface area contributed by atoms with Crippen molar-refractivity contribution in [2.75, 3.05) is 18.1 Å². The van der Waals surface area contributed by atoms with Crippen molar-refractivity contribution in [2.45, 2.75) is 19.4 Å². The molecule has 1 aromatic heterocycles. The van der Waals surface area contributed by atoms with Crippen molar-refractivity contribution in [1.29, 1.82) is 5.26 Å². The molecule has 1 N–H and O–H groups in total. The van der Waals surface area contributed by atoms with E-state index >= 15 is 0 Å². The Morgan fingerprint density at radius 1 is 0.900 bits per heavy atom. The molecule has 5 nitrogen and oxygen atoms in total. The lowest BCUT2D eigenvalue weighted by Gasteiger charge is -2.41. The zero-order valence-electron chi connectivity index (χ0n) is 16.8. The normalized spacial score (nSPS) is 14.7. The topological polar surface area (TPSA) is 59.0 Å². The van der Waals surface area contributed by atoms with Gasteiger partial charge in [0.1, 0.15) is 0 Å². The monoisotopic (exact) mass is 393 g/mol. The summed E-state index contributed by atoms with van der Waals surface area (Å²) in [5.41, 5.74) is 5.29. The van der Waals surface area contributed by atoms with Crippen LogP contribution in [0, 0.1) is 11.3 Å². The highest BCUT2D eigenvalue weighted by Crippen LogP contribution is 2.33. The number of rotatable bonds is 4. The number of hydrogen-bond donors (Lipinski definition) is 1. The first-order valence-electron chi connectivity index (χ1n) is 10.4. The predicted molar refractivity (Wildman–Crippen MR) is 120 cm³/mol. The molecule has 5 rings (SSSR count). The van der Waals surface area contributed by atoms with Gasteiger partial charge >= 0.3 is 0 Å². The van der Waals surface area contributed by atoms with E-state index in [1.165, 1.54) is 12.0 Å². The number of H-pyrrole nitrogens is 1. The number of aromatic amines is 1. The van der Waals surface area contributed by atoms with Crippen LogP contribution >= 0.6 is 0 Å². The Bertz CT molecular complexity index is 1210. The molecule has 148 valence electrons. The van der Waals surface area contributed by atoms with Crippen LogP contribution in [0.2, 0.25) is 0 Å². The molecule has 5 heteroatoms. The van der Waals surface area contributed by atoms with Crippen LogP contribution in [0.3, 0.4) is 0 Å². The molecule has 1 fully saturated rings. The van der Waals surface area contributed by atoms with Crippen LogP contribution < -0.4 is 5.01 Å². The highest BCUT2D eigenvalue weighted by atomic mass is 15.6. The predicted octanol–water partition coefficient (Wildman–Crippen LogP) is 5.12. The highest BCUT2D eigenvalue weighted by Gasteiger charge is 2.24. The second-order valence-corrected chi connectivity index (χ2v) is 7.64. The van der Waals surface area contributed by atoms with Crippen molar-refractivity contribution in [3.8, 4) is 17.3 Å². The van der Waals surface area contributed by atoms with Gasteiger partial charge in [-0.05, 0) is 30.5 Å². The maximum absolute atomic E-state index is 9.51. The minimum absolute atomic E-state index is 0.721. The zero-order valence-corrected chi connectivity index (χ0v) is 16.8. The zero-order chi connectivity index (χ0) is 20.3. The maximum atomic E-state index is 9.51. The van der Waals surface area contributed by atoms with Crippen LogP contribution in [-0.4, -0.2) is 28.3 Å². The molecule has 1 aliphatic heterocycles. The minimum Gasteiger partial charge on any atom is -0.305 e. The fraction of sp³-hybridized carbons (Fsp3) is 0.200. The van der Waals surface area contributed by atoms with Crippen LogP contribution in [0.15, 0.2) is 72.9 Å². The average Bonchev–Trinajstić information content (AvgIpc) is 3.27. The molecule has 0 amide bonds. The third kappa shape index (κ3) is 3.32. The van der Waals surface area contributed by atoms with Gasteiger partial charge in [-0.25, -0.2) is 5.01 Å². The Morgan fingerprint density at radius 2 is 1.67 bits per heavy atom. The van der Waals surface area contributed by atoms with E-state index in [1.807, 2.05) is 36.5 Å². The van der Waals surface area contributed by atoms with Crippen LogP contribution in [0.25, 0.3) is 22.0 Å². The summed E-state index contributed by atoms with van der Waals surface area (Å²) in [6, 6.07) is 24.9. The second kappa shape index (κ2) is 8.02. The highest BCUT2D eigenvalue weighted by molar-refractivity contribution is 5.97. The van der Waals surface area contributed by atoms with E-state index in [-0.39, 0.29) is 0 Å². The fourth-order valence-electron chi connectivity index (χ4n) is 4.34. The van der Waals surface area contributed by atoms with Crippen LogP contribution in [-0.2, 0) is 6.54 Å². The molecule has 0 bridgehead atoms. The largest absolute Gasteiger partial charge is 0.305 e. The van der Waals surface area contributed by atoms with E-state index in [0.717, 1.165) is 59.3 Å². The Balaban J connectivity index is 1.51. The van der Waals surface area contributed by atoms with Crippen molar-refractivity contribution in [2.24, 2.45) is 0 Å². The summed E-state index contributed by atoms with van der Waals surface area (Å²) in [6.45, 7) is 2.75. The van der Waals surface area contributed by atoms with Gasteiger partial charge in [-0.2, -0.15) is 10.4 Å². The van der Waals surface area contributed by atoms with Crippen LogP contribution in [0.5, 0.6) is 0 Å². The molecule has 0 spiro atoms.